The van der Waals surface area contributed by atoms with Crippen LogP contribution < -0.4 is 9.47 Å². The predicted octanol–water partition coefficient (Wildman–Crippen LogP) is 1.80. The van der Waals surface area contributed by atoms with Gasteiger partial charge in [0, 0.05) is 12.1 Å². The first-order chi connectivity index (χ1) is 11.4. The largest absolute Gasteiger partial charge is 0.493 e. The average Bonchev–Trinajstić information content (AvgIpc) is 2.54. The molecule has 7 nitrogen and oxygen atoms in total. The van der Waals surface area contributed by atoms with Crippen LogP contribution in [0.1, 0.15) is 30.6 Å². The SMILES string of the molecule is COc1cc(C(=O)N2CCOCC2CC(=O)O)ccc1OC(C)C. The van der Waals surface area contributed by atoms with Gasteiger partial charge in [0.25, 0.3) is 5.91 Å². The molecule has 1 unspecified atom stereocenters. The molecule has 1 heterocycles. The number of rotatable bonds is 6. The molecule has 0 aromatic heterocycles. The smallest absolute Gasteiger partial charge is 0.305 e. The van der Waals surface area contributed by atoms with Gasteiger partial charge in [-0.1, -0.05) is 0 Å². The fourth-order valence-corrected chi connectivity index (χ4v) is 2.61. The number of benzene rings is 1. The van der Waals surface area contributed by atoms with Crippen LogP contribution in [0, 0.1) is 0 Å². The number of carbonyl (C=O) groups is 2. The molecule has 0 aliphatic carbocycles. The molecule has 1 N–H and O–H groups in total. The van der Waals surface area contributed by atoms with Crippen molar-refractivity contribution in [3.63, 3.8) is 0 Å². The Kier molecular flexibility index (Phi) is 6.03. The number of methoxy groups -OCH3 is 1. The molecular formula is C17H23NO6. The molecular weight excluding hydrogens is 314 g/mol. The first-order valence-corrected chi connectivity index (χ1v) is 7.87. The maximum atomic E-state index is 12.8. The normalized spacial score (nSPS) is 17.7. The quantitative estimate of drug-likeness (QED) is 0.852. The molecule has 2 rings (SSSR count). The van der Waals surface area contributed by atoms with Crippen molar-refractivity contribution in [1.82, 2.24) is 4.90 Å². The summed E-state index contributed by atoms with van der Waals surface area (Å²) in [6.07, 6.45) is -0.156. The van der Waals surface area contributed by atoms with E-state index in [4.69, 9.17) is 19.3 Å². The third-order valence-corrected chi connectivity index (χ3v) is 3.67. The van der Waals surface area contributed by atoms with Gasteiger partial charge in [-0.25, -0.2) is 0 Å². The van der Waals surface area contributed by atoms with E-state index in [1.165, 1.54) is 7.11 Å². The molecule has 1 aliphatic heterocycles. The Balaban J connectivity index is 2.22. The molecule has 1 fully saturated rings. The van der Waals surface area contributed by atoms with E-state index in [0.29, 0.717) is 30.2 Å². The van der Waals surface area contributed by atoms with Crippen molar-refractivity contribution in [3.05, 3.63) is 23.8 Å². The van der Waals surface area contributed by atoms with E-state index in [2.05, 4.69) is 0 Å². The molecule has 1 saturated heterocycles. The fraction of sp³-hybridized carbons (Fsp3) is 0.529. The second kappa shape index (κ2) is 8.01. The zero-order chi connectivity index (χ0) is 17.7. The van der Waals surface area contributed by atoms with Crippen LogP contribution in [0.4, 0.5) is 0 Å². The Morgan fingerprint density at radius 2 is 2.12 bits per heavy atom. The van der Waals surface area contributed by atoms with Crippen molar-refractivity contribution in [1.29, 1.82) is 0 Å². The molecule has 1 aromatic rings. The summed E-state index contributed by atoms with van der Waals surface area (Å²) in [4.78, 5) is 25.3. The number of carbonyl (C=O) groups excluding carboxylic acids is 1. The number of hydrogen-bond donors (Lipinski definition) is 1. The predicted molar refractivity (Wildman–Crippen MR) is 86.7 cm³/mol. The lowest BCUT2D eigenvalue weighted by atomic mass is 10.1. The minimum Gasteiger partial charge on any atom is -0.493 e. The molecule has 0 saturated carbocycles. The van der Waals surface area contributed by atoms with E-state index >= 15 is 0 Å². The highest BCUT2D eigenvalue weighted by molar-refractivity contribution is 5.95. The second-order valence-electron chi connectivity index (χ2n) is 5.86. The minimum absolute atomic E-state index is 0.0142. The first kappa shape index (κ1) is 18.1. The zero-order valence-corrected chi connectivity index (χ0v) is 14.2. The molecule has 1 aromatic carbocycles. The number of morpholine rings is 1. The number of aliphatic carboxylic acids is 1. The summed E-state index contributed by atoms with van der Waals surface area (Å²) in [5, 5.41) is 9.01. The van der Waals surface area contributed by atoms with Gasteiger partial charge in [-0.3, -0.25) is 9.59 Å². The van der Waals surface area contributed by atoms with E-state index in [9.17, 15) is 9.59 Å². The average molecular weight is 337 g/mol. The number of amides is 1. The van der Waals surface area contributed by atoms with Crippen LogP contribution in [0.3, 0.4) is 0 Å². The van der Waals surface area contributed by atoms with Gasteiger partial charge in [-0.05, 0) is 32.0 Å². The number of nitrogens with zero attached hydrogens (tertiary/aromatic N) is 1. The van der Waals surface area contributed by atoms with Crippen LogP contribution >= 0.6 is 0 Å². The van der Waals surface area contributed by atoms with Gasteiger partial charge in [0.05, 0.1) is 38.9 Å². The summed E-state index contributed by atoms with van der Waals surface area (Å²) in [6, 6.07) is 4.50. The molecule has 1 aliphatic rings. The molecule has 24 heavy (non-hydrogen) atoms. The first-order valence-electron chi connectivity index (χ1n) is 7.87. The summed E-state index contributed by atoms with van der Waals surface area (Å²) in [5.41, 5.74) is 0.431. The lowest BCUT2D eigenvalue weighted by Crippen LogP contribution is -2.49. The Bertz CT molecular complexity index is 601. The number of carboxylic acid groups (broad SMARTS) is 1. The van der Waals surface area contributed by atoms with Crippen molar-refractivity contribution in [2.45, 2.75) is 32.4 Å². The van der Waals surface area contributed by atoms with Crippen LogP contribution in [0.25, 0.3) is 0 Å². The van der Waals surface area contributed by atoms with E-state index < -0.39 is 12.0 Å². The molecule has 0 spiro atoms. The Hall–Kier alpha value is -2.28. The van der Waals surface area contributed by atoms with Gasteiger partial charge in [-0.15, -0.1) is 0 Å². The Labute approximate surface area is 141 Å². The maximum Gasteiger partial charge on any atom is 0.305 e. The topological polar surface area (TPSA) is 85.3 Å². The second-order valence-corrected chi connectivity index (χ2v) is 5.86. The van der Waals surface area contributed by atoms with Crippen molar-refractivity contribution >= 4 is 11.9 Å². The third-order valence-electron chi connectivity index (χ3n) is 3.67. The molecule has 7 heteroatoms. The Morgan fingerprint density at radius 3 is 2.75 bits per heavy atom. The molecule has 132 valence electrons. The van der Waals surface area contributed by atoms with Crippen molar-refractivity contribution in [2.24, 2.45) is 0 Å². The van der Waals surface area contributed by atoms with E-state index in [1.54, 1.807) is 23.1 Å². The van der Waals surface area contributed by atoms with Crippen molar-refractivity contribution < 1.29 is 28.9 Å². The summed E-state index contributed by atoms with van der Waals surface area (Å²) in [6.45, 7) is 4.80. The number of carboxylic acids is 1. The van der Waals surface area contributed by atoms with Crippen LogP contribution in [0.15, 0.2) is 18.2 Å². The van der Waals surface area contributed by atoms with Crippen molar-refractivity contribution in [3.8, 4) is 11.5 Å². The fourth-order valence-electron chi connectivity index (χ4n) is 2.61. The highest BCUT2D eigenvalue weighted by Crippen LogP contribution is 2.30. The minimum atomic E-state index is -0.957. The lowest BCUT2D eigenvalue weighted by Gasteiger charge is -2.35. The zero-order valence-electron chi connectivity index (χ0n) is 14.2. The van der Waals surface area contributed by atoms with E-state index in [-0.39, 0.29) is 25.0 Å². The molecule has 1 amide bonds. The number of ether oxygens (including phenoxy) is 3. The van der Waals surface area contributed by atoms with Crippen LogP contribution in [-0.2, 0) is 9.53 Å². The summed E-state index contributed by atoms with van der Waals surface area (Å²) in [5.74, 6) is -0.161. The van der Waals surface area contributed by atoms with Gasteiger partial charge < -0.3 is 24.2 Å². The van der Waals surface area contributed by atoms with Gasteiger partial charge in [0.15, 0.2) is 11.5 Å². The van der Waals surface area contributed by atoms with E-state index in [1.807, 2.05) is 13.8 Å². The van der Waals surface area contributed by atoms with E-state index in [0.717, 1.165) is 0 Å². The Morgan fingerprint density at radius 1 is 1.38 bits per heavy atom. The lowest BCUT2D eigenvalue weighted by molar-refractivity contribution is -0.139. The monoisotopic (exact) mass is 337 g/mol. The summed E-state index contributed by atoms with van der Waals surface area (Å²) >= 11 is 0. The summed E-state index contributed by atoms with van der Waals surface area (Å²) < 4.78 is 16.2. The summed E-state index contributed by atoms with van der Waals surface area (Å²) in [7, 11) is 1.51. The van der Waals surface area contributed by atoms with Crippen LogP contribution in [0.2, 0.25) is 0 Å². The van der Waals surface area contributed by atoms with Gasteiger partial charge in [-0.2, -0.15) is 0 Å². The van der Waals surface area contributed by atoms with Crippen LogP contribution in [0.5, 0.6) is 11.5 Å². The standard InChI is InChI=1S/C17H23NO6/c1-11(2)24-14-5-4-12(8-15(14)22-3)17(21)18-6-7-23-10-13(18)9-16(19)20/h4-5,8,11,13H,6-7,9-10H2,1-3H3,(H,19,20). The highest BCUT2D eigenvalue weighted by Gasteiger charge is 2.30. The highest BCUT2D eigenvalue weighted by atomic mass is 16.5. The maximum absolute atomic E-state index is 12.8. The van der Waals surface area contributed by atoms with Gasteiger partial charge in [0.2, 0.25) is 0 Å². The number of hydrogen-bond acceptors (Lipinski definition) is 5. The molecule has 0 radical (unpaired) electrons. The third kappa shape index (κ3) is 4.38. The molecule has 1 atom stereocenters. The van der Waals surface area contributed by atoms with Crippen LogP contribution in [-0.4, -0.2) is 60.9 Å². The van der Waals surface area contributed by atoms with Gasteiger partial charge in [0.1, 0.15) is 0 Å². The van der Waals surface area contributed by atoms with Gasteiger partial charge >= 0.3 is 5.97 Å². The van der Waals surface area contributed by atoms with Crippen molar-refractivity contribution in [2.75, 3.05) is 26.9 Å². The molecule has 0 bridgehead atoms.